The highest BCUT2D eigenvalue weighted by atomic mass is 19.1. The van der Waals surface area contributed by atoms with Crippen molar-refractivity contribution >= 4 is 17.4 Å². The lowest BCUT2D eigenvalue weighted by Crippen LogP contribution is -2.29. The molecule has 2 aromatic carbocycles. The fraction of sp³-hybridized carbons (Fsp3) is 0.125. The summed E-state index contributed by atoms with van der Waals surface area (Å²) < 4.78 is 14.1. The van der Waals surface area contributed by atoms with Gasteiger partial charge in [-0.25, -0.2) is 4.39 Å². The third-order valence-electron chi connectivity index (χ3n) is 5.18. The highest BCUT2D eigenvalue weighted by Gasteiger charge is 2.46. The number of halogens is 1. The second kappa shape index (κ2) is 7.91. The molecule has 0 aliphatic carbocycles. The summed E-state index contributed by atoms with van der Waals surface area (Å²) >= 11 is 0. The first-order valence-corrected chi connectivity index (χ1v) is 9.46. The molecule has 1 amide bonds. The Bertz CT molecular complexity index is 1140. The van der Waals surface area contributed by atoms with Crippen molar-refractivity contribution in [1.82, 2.24) is 9.88 Å². The number of aliphatic hydroxyl groups excluding tert-OH is 1. The van der Waals surface area contributed by atoms with Crippen molar-refractivity contribution in [2.75, 3.05) is 0 Å². The predicted octanol–water partition coefficient (Wildman–Crippen LogP) is 4.15. The molecular weight excluding hydrogens is 383 g/mol. The Labute approximate surface area is 173 Å². The zero-order valence-electron chi connectivity index (χ0n) is 16.2. The molecule has 6 heteroatoms. The molecule has 0 spiro atoms. The summed E-state index contributed by atoms with van der Waals surface area (Å²) in [6, 6.07) is 16.0. The van der Waals surface area contributed by atoms with Crippen LogP contribution < -0.4 is 0 Å². The van der Waals surface area contributed by atoms with E-state index in [1.807, 2.05) is 12.1 Å². The van der Waals surface area contributed by atoms with Crippen LogP contribution in [0.3, 0.4) is 0 Å². The van der Waals surface area contributed by atoms with Crippen molar-refractivity contribution < 1.29 is 19.1 Å². The van der Waals surface area contributed by atoms with Gasteiger partial charge in [0.25, 0.3) is 11.7 Å². The molecule has 1 aliphatic rings. The highest BCUT2D eigenvalue weighted by Crippen LogP contribution is 2.40. The van der Waals surface area contributed by atoms with E-state index in [4.69, 9.17) is 0 Å². The van der Waals surface area contributed by atoms with Crippen LogP contribution in [0.4, 0.5) is 4.39 Å². The van der Waals surface area contributed by atoms with Gasteiger partial charge in [0.1, 0.15) is 11.6 Å². The molecule has 5 nitrogen and oxygen atoms in total. The molecule has 2 heterocycles. The van der Waals surface area contributed by atoms with Crippen LogP contribution in [0.25, 0.3) is 5.76 Å². The molecule has 150 valence electrons. The van der Waals surface area contributed by atoms with E-state index in [-0.39, 0.29) is 17.7 Å². The highest BCUT2D eigenvalue weighted by molar-refractivity contribution is 6.46. The topological polar surface area (TPSA) is 70.5 Å². The van der Waals surface area contributed by atoms with Crippen molar-refractivity contribution in [3.8, 4) is 0 Å². The van der Waals surface area contributed by atoms with Crippen LogP contribution in [-0.2, 0) is 16.1 Å². The number of pyridine rings is 1. The van der Waals surface area contributed by atoms with Gasteiger partial charge in [0.2, 0.25) is 0 Å². The quantitative estimate of drug-likeness (QED) is 0.404. The molecule has 1 aromatic heterocycles. The molecule has 0 radical (unpaired) electrons. The number of aryl methyl sites for hydroxylation is 1. The van der Waals surface area contributed by atoms with E-state index in [2.05, 4.69) is 4.98 Å². The summed E-state index contributed by atoms with van der Waals surface area (Å²) in [5, 5.41) is 10.9. The van der Waals surface area contributed by atoms with Crippen LogP contribution in [0.2, 0.25) is 0 Å². The summed E-state index contributed by atoms with van der Waals surface area (Å²) in [7, 11) is 0. The molecule has 3 aromatic rings. The summed E-state index contributed by atoms with van der Waals surface area (Å²) in [6.45, 7) is 1.76. The molecule has 1 N–H and O–H groups in total. The third-order valence-corrected chi connectivity index (χ3v) is 5.18. The van der Waals surface area contributed by atoms with E-state index in [1.54, 1.807) is 49.6 Å². The molecule has 4 rings (SSSR count). The lowest BCUT2D eigenvalue weighted by atomic mass is 9.95. The molecule has 1 saturated heterocycles. The van der Waals surface area contributed by atoms with Crippen LogP contribution in [-0.4, -0.2) is 26.7 Å². The minimum atomic E-state index is -0.800. The molecular formula is C24H19FN2O3. The number of hydrogen-bond donors (Lipinski definition) is 1. The number of Topliss-reactive ketones (excluding diaryl/α,β-unsaturated/α-hetero) is 1. The predicted molar refractivity (Wildman–Crippen MR) is 110 cm³/mol. The number of rotatable bonds is 4. The molecule has 0 saturated carbocycles. The molecule has 1 aliphatic heterocycles. The van der Waals surface area contributed by atoms with E-state index in [0.29, 0.717) is 11.1 Å². The number of carbonyl (C=O) groups is 2. The average molecular weight is 402 g/mol. The smallest absolute Gasteiger partial charge is 0.295 e. The minimum Gasteiger partial charge on any atom is -0.507 e. The van der Waals surface area contributed by atoms with Crippen molar-refractivity contribution in [2.45, 2.75) is 19.5 Å². The maximum atomic E-state index is 14.1. The van der Waals surface area contributed by atoms with Gasteiger partial charge in [-0.3, -0.25) is 14.6 Å². The Kier molecular flexibility index (Phi) is 5.14. The van der Waals surface area contributed by atoms with Gasteiger partial charge in [0, 0.05) is 24.5 Å². The number of benzene rings is 2. The van der Waals surface area contributed by atoms with Crippen LogP contribution in [0, 0.1) is 12.7 Å². The van der Waals surface area contributed by atoms with Gasteiger partial charge >= 0.3 is 0 Å². The van der Waals surface area contributed by atoms with Gasteiger partial charge in [-0.05, 0) is 35.7 Å². The Morgan fingerprint density at radius 3 is 2.53 bits per heavy atom. The fourth-order valence-electron chi connectivity index (χ4n) is 3.61. The largest absolute Gasteiger partial charge is 0.507 e. The van der Waals surface area contributed by atoms with E-state index in [9.17, 15) is 19.1 Å². The van der Waals surface area contributed by atoms with E-state index < -0.39 is 29.3 Å². The molecule has 0 bridgehead atoms. The van der Waals surface area contributed by atoms with Crippen LogP contribution in [0.15, 0.2) is 78.6 Å². The first-order valence-electron chi connectivity index (χ1n) is 9.46. The van der Waals surface area contributed by atoms with Crippen LogP contribution >= 0.6 is 0 Å². The van der Waals surface area contributed by atoms with Gasteiger partial charge in [-0.15, -0.1) is 0 Å². The number of carbonyl (C=O) groups excluding carboxylic acids is 2. The normalized spacial score (nSPS) is 18.1. The van der Waals surface area contributed by atoms with E-state index in [1.165, 1.54) is 23.1 Å². The number of aromatic nitrogens is 1. The third kappa shape index (κ3) is 3.48. The standard InChI is InChI=1S/C24H19FN2O3/c1-15-9-10-18(12-19(15)25)22(28)20-21(17-7-3-2-4-8-17)27(24(30)23(20)29)14-16-6-5-11-26-13-16/h2-13,21,28H,14H2,1H3. The SMILES string of the molecule is Cc1ccc(C(O)=C2C(=O)C(=O)N(Cc3cccnc3)C2c2ccccc2)cc1F. The van der Waals surface area contributed by atoms with E-state index >= 15 is 0 Å². The maximum absolute atomic E-state index is 14.1. The molecule has 1 fully saturated rings. The summed E-state index contributed by atoms with van der Waals surface area (Å²) in [4.78, 5) is 31.3. The Morgan fingerprint density at radius 1 is 1.10 bits per heavy atom. The lowest BCUT2D eigenvalue weighted by molar-refractivity contribution is -0.140. The first kappa shape index (κ1) is 19.5. The number of nitrogens with zero attached hydrogens (tertiary/aromatic N) is 2. The van der Waals surface area contributed by atoms with Crippen LogP contribution in [0.5, 0.6) is 0 Å². The van der Waals surface area contributed by atoms with Crippen molar-refractivity contribution in [2.24, 2.45) is 0 Å². The van der Waals surface area contributed by atoms with E-state index in [0.717, 1.165) is 5.56 Å². The second-order valence-electron chi connectivity index (χ2n) is 7.16. The van der Waals surface area contributed by atoms with Gasteiger partial charge in [-0.1, -0.05) is 48.5 Å². The zero-order valence-corrected chi connectivity index (χ0v) is 16.2. The second-order valence-corrected chi connectivity index (χ2v) is 7.16. The fourth-order valence-corrected chi connectivity index (χ4v) is 3.61. The van der Waals surface area contributed by atoms with Gasteiger partial charge in [0.15, 0.2) is 0 Å². The van der Waals surface area contributed by atoms with Crippen molar-refractivity contribution in [1.29, 1.82) is 0 Å². The molecule has 1 atom stereocenters. The van der Waals surface area contributed by atoms with Gasteiger partial charge in [0.05, 0.1) is 11.6 Å². The Hall–Kier alpha value is -3.80. The lowest BCUT2D eigenvalue weighted by Gasteiger charge is -2.25. The zero-order chi connectivity index (χ0) is 21.3. The van der Waals surface area contributed by atoms with Gasteiger partial charge < -0.3 is 10.0 Å². The van der Waals surface area contributed by atoms with Crippen molar-refractivity contribution in [3.05, 3.63) is 107 Å². The number of aliphatic hydroxyl groups is 1. The number of hydrogen-bond acceptors (Lipinski definition) is 4. The Morgan fingerprint density at radius 2 is 1.87 bits per heavy atom. The number of ketones is 1. The molecule has 30 heavy (non-hydrogen) atoms. The number of amides is 1. The first-order chi connectivity index (χ1) is 14.5. The van der Waals surface area contributed by atoms with Crippen LogP contribution in [0.1, 0.15) is 28.3 Å². The monoisotopic (exact) mass is 402 g/mol. The summed E-state index contributed by atoms with van der Waals surface area (Å²) in [6.07, 6.45) is 3.24. The Balaban J connectivity index is 1.86. The molecule has 1 unspecified atom stereocenters. The van der Waals surface area contributed by atoms with Crippen molar-refractivity contribution in [3.63, 3.8) is 0 Å². The maximum Gasteiger partial charge on any atom is 0.295 e. The summed E-state index contributed by atoms with van der Waals surface area (Å²) in [5.74, 6) is -2.41. The minimum absolute atomic E-state index is 0.0571. The average Bonchev–Trinajstić information content (AvgIpc) is 3.01. The van der Waals surface area contributed by atoms with Gasteiger partial charge in [-0.2, -0.15) is 0 Å². The number of likely N-dealkylation sites (tertiary alicyclic amines) is 1. The summed E-state index contributed by atoms with van der Waals surface area (Å²) in [5.41, 5.74) is 1.94.